The highest BCUT2D eigenvalue weighted by molar-refractivity contribution is 6.16. The van der Waals surface area contributed by atoms with Crippen LogP contribution in [0.5, 0.6) is 0 Å². The van der Waals surface area contributed by atoms with E-state index in [2.05, 4.69) is 10.3 Å². The van der Waals surface area contributed by atoms with E-state index in [0.717, 1.165) is 0 Å². The molecule has 2 heterocycles. The SMILES string of the molecule is O=C(NCCCn1ccnc1)[C@@]1(O)CCN(c2ccccc2)C1=O. The Bertz CT molecular complexity index is 702. The van der Waals surface area contributed by atoms with Gasteiger partial charge in [0.2, 0.25) is 5.60 Å². The highest BCUT2D eigenvalue weighted by Crippen LogP contribution is 2.28. The molecule has 1 fully saturated rings. The zero-order valence-electron chi connectivity index (χ0n) is 13.3. The van der Waals surface area contributed by atoms with E-state index >= 15 is 0 Å². The maximum Gasteiger partial charge on any atom is 0.268 e. The number of benzene rings is 1. The van der Waals surface area contributed by atoms with Crippen molar-refractivity contribution < 1.29 is 14.7 Å². The van der Waals surface area contributed by atoms with Crippen LogP contribution in [0.3, 0.4) is 0 Å². The minimum atomic E-state index is -1.98. The average Bonchev–Trinajstić information content (AvgIpc) is 3.22. The van der Waals surface area contributed by atoms with Gasteiger partial charge in [0.1, 0.15) is 0 Å². The van der Waals surface area contributed by atoms with Crippen molar-refractivity contribution in [2.75, 3.05) is 18.0 Å². The highest BCUT2D eigenvalue weighted by Gasteiger charge is 2.51. The zero-order valence-corrected chi connectivity index (χ0v) is 13.3. The Hall–Kier alpha value is -2.67. The molecule has 0 saturated carbocycles. The van der Waals surface area contributed by atoms with Gasteiger partial charge in [-0.2, -0.15) is 0 Å². The molecule has 1 saturated heterocycles. The molecular formula is C17H20N4O3. The van der Waals surface area contributed by atoms with Gasteiger partial charge in [0.25, 0.3) is 11.8 Å². The fraction of sp³-hybridized carbons (Fsp3) is 0.353. The van der Waals surface area contributed by atoms with Crippen LogP contribution in [0.4, 0.5) is 5.69 Å². The molecule has 3 rings (SSSR count). The number of amides is 2. The number of aliphatic hydroxyl groups is 1. The first-order valence-electron chi connectivity index (χ1n) is 7.95. The number of carbonyl (C=O) groups excluding carboxylic acids is 2. The predicted octanol–water partition coefficient (Wildman–Crippen LogP) is 0.557. The van der Waals surface area contributed by atoms with Gasteiger partial charge in [0, 0.05) is 44.1 Å². The number of carbonyl (C=O) groups is 2. The van der Waals surface area contributed by atoms with Crippen LogP contribution in [0.2, 0.25) is 0 Å². The predicted molar refractivity (Wildman–Crippen MR) is 88.2 cm³/mol. The van der Waals surface area contributed by atoms with Crippen LogP contribution in [0, 0.1) is 0 Å². The van der Waals surface area contributed by atoms with Crippen LogP contribution >= 0.6 is 0 Å². The molecule has 24 heavy (non-hydrogen) atoms. The molecule has 1 aromatic carbocycles. The van der Waals surface area contributed by atoms with Crippen molar-refractivity contribution in [2.45, 2.75) is 25.0 Å². The number of hydrogen-bond donors (Lipinski definition) is 2. The Kier molecular flexibility index (Phi) is 4.61. The van der Waals surface area contributed by atoms with E-state index in [1.54, 1.807) is 24.7 Å². The maximum atomic E-state index is 12.5. The smallest absolute Gasteiger partial charge is 0.268 e. The fourth-order valence-electron chi connectivity index (χ4n) is 2.80. The molecule has 126 valence electrons. The Labute approximate surface area is 139 Å². The number of aryl methyl sites for hydroxylation is 1. The number of imidazole rings is 1. The lowest BCUT2D eigenvalue weighted by molar-refractivity contribution is -0.149. The van der Waals surface area contributed by atoms with Crippen LogP contribution in [-0.4, -0.2) is 45.2 Å². The summed E-state index contributed by atoms with van der Waals surface area (Å²) in [5.74, 6) is -1.20. The van der Waals surface area contributed by atoms with E-state index < -0.39 is 17.4 Å². The van der Waals surface area contributed by atoms with Gasteiger partial charge < -0.3 is 19.9 Å². The Balaban J connectivity index is 1.55. The first kappa shape index (κ1) is 16.2. The molecule has 2 amide bonds. The summed E-state index contributed by atoms with van der Waals surface area (Å²) in [6.07, 6.45) is 6.01. The summed E-state index contributed by atoms with van der Waals surface area (Å²) in [7, 11) is 0. The number of para-hydroxylation sites is 1. The summed E-state index contributed by atoms with van der Waals surface area (Å²) in [6.45, 7) is 1.42. The number of hydrogen-bond acceptors (Lipinski definition) is 4. The van der Waals surface area contributed by atoms with Crippen LogP contribution in [0.25, 0.3) is 0 Å². The lowest BCUT2D eigenvalue weighted by Crippen LogP contribution is -2.52. The van der Waals surface area contributed by atoms with Crippen molar-refractivity contribution in [3.8, 4) is 0 Å². The molecule has 0 radical (unpaired) electrons. The highest BCUT2D eigenvalue weighted by atomic mass is 16.3. The molecule has 1 aliphatic heterocycles. The molecule has 0 spiro atoms. The van der Waals surface area contributed by atoms with E-state index in [1.807, 2.05) is 29.0 Å². The standard InChI is InChI=1S/C17H20N4O3/c22-15(19-8-4-10-20-12-9-18-13-20)17(24)7-11-21(16(17)23)14-5-2-1-3-6-14/h1-3,5-6,9,12-13,24H,4,7-8,10-11H2,(H,19,22)/t17-/m0/s1. The molecule has 0 bridgehead atoms. The lowest BCUT2D eigenvalue weighted by atomic mass is 10.0. The first-order valence-corrected chi connectivity index (χ1v) is 7.95. The van der Waals surface area contributed by atoms with Gasteiger partial charge in [-0.1, -0.05) is 18.2 Å². The summed E-state index contributed by atoms with van der Waals surface area (Å²) < 4.78 is 1.90. The Morgan fingerprint density at radius 1 is 1.33 bits per heavy atom. The molecule has 1 aromatic heterocycles. The minimum absolute atomic E-state index is 0.0914. The number of nitrogens with one attached hydrogen (secondary N) is 1. The van der Waals surface area contributed by atoms with Crippen LogP contribution in [0.15, 0.2) is 49.1 Å². The second kappa shape index (κ2) is 6.84. The maximum absolute atomic E-state index is 12.5. The molecule has 1 atom stereocenters. The molecule has 0 aliphatic carbocycles. The first-order chi connectivity index (χ1) is 11.6. The fourth-order valence-corrected chi connectivity index (χ4v) is 2.80. The molecular weight excluding hydrogens is 308 g/mol. The summed E-state index contributed by atoms with van der Waals surface area (Å²) >= 11 is 0. The molecule has 7 nitrogen and oxygen atoms in total. The van der Waals surface area contributed by atoms with E-state index in [-0.39, 0.29) is 6.42 Å². The molecule has 2 aromatic rings. The number of anilines is 1. The third-order valence-electron chi connectivity index (χ3n) is 4.18. The van der Waals surface area contributed by atoms with Gasteiger partial charge in [-0.3, -0.25) is 9.59 Å². The largest absolute Gasteiger partial charge is 0.372 e. The second-order valence-electron chi connectivity index (χ2n) is 5.81. The third-order valence-corrected chi connectivity index (χ3v) is 4.18. The van der Waals surface area contributed by atoms with Gasteiger partial charge in [-0.15, -0.1) is 0 Å². The Morgan fingerprint density at radius 2 is 2.12 bits per heavy atom. The van der Waals surface area contributed by atoms with Gasteiger partial charge in [0.15, 0.2) is 0 Å². The van der Waals surface area contributed by atoms with Crippen molar-refractivity contribution in [1.82, 2.24) is 14.9 Å². The van der Waals surface area contributed by atoms with E-state index in [0.29, 0.717) is 31.7 Å². The van der Waals surface area contributed by atoms with Crippen LogP contribution < -0.4 is 10.2 Å². The zero-order chi connectivity index (χ0) is 17.0. The molecule has 0 unspecified atom stereocenters. The van der Waals surface area contributed by atoms with Crippen molar-refractivity contribution in [1.29, 1.82) is 0 Å². The Morgan fingerprint density at radius 3 is 2.83 bits per heavy atom. The lowest BCUT2D eigenvalue weighted by Gasteiger charge is -2.21. The molecule has 7 heteroatoms. The van der Waals surface area contributed by atoms with Gasteiger partial charge in [-0.05, 0) is 18.6 Å². The van der Waals surface area contributed by atoms with E-state index in [4.69, 9.17) is 0 Å². The number of aromatic nitrogens is 2. The van der Waals surface area contributed by atoms with E-state index in [1.165, 1.54) is 4.90 Å². The average molecular weight is 328 g/mol. The number of rotatable bonds is 6. The van der Waals surface area contributed by atoms with Crippen LogP contribution in [-0.2, 0) is 16.1 Å². The molecule has 2 N–H and O–H groups in total. The topological polar surface area (TPSA) is 87.5 Å². The normalized spacial score (nSPS) is 20.4. The van der Waals surface area contributed by atoms with Gasteiger partial charge in [-0.25, -0.2) is 4.98 Å². The van der Waals surface area contributed by atoms with Gasteiger partial charge in [0.05, 0.1) is 6.33 Å². The van der Waals surface area contributed by atoms with Gasteiger partial charge >= 0.3 is 0 Å². The van der Waals surface area contributed by atoms with E-state index in [9.17, 15) is 14.7 Å². The van der Waals surface area contributed by atoms with Crippen LogP contribution in [0.1, 0.15) is 12.8 Å². The monoisotopic (exact) mass is 328 g/mol. The van der Waals surface area contributed by atoms with Crippen molar-refractivity contribution in [3.63, 3.8) is 0 Å². The van der Waals surface area contributed by atoms with Crippen molar-refractivity contribution in [3.05, 3.63) is 49.1 Å². The van der Waals surface area contributed by atoms with Crippen molar-refractivity contribution in [2.24, 2.45) is 0 Å². The molecule has 1 aliphatic rings. The third kappa shape index (κ3) is 3.16. The summed E-state index contributed by atoms with van der Waals surface area (Å²) in [5, 5.41) is 13.2. The summed E-state index contributed by atoms with van der Waals surface area (Å²) in [5.41, 5.74) is -1.29. The van der Waals surface area contributed by atoms with Crippen molar-refractivity contribution >= 4 is 17.5 Å². The minimum Gasteiger partial charge on any atom is -0.372 e. The summed E-state index contributed by atoms with van der Waals surface area (Å²) in [6, 6.07) is 9.05. The quantitative estimate of drug-likeness (QED) is 0.599. The summed E-state index contributed by atoms with van der Waals surface area (Å²) in [4.78, 5) is 30.2. The number of nitrogens with zero attached hydrogens (tertiary/aromatic N) is 3. The second-order valence-corrected chi connectivity index (χ2v) is 5.81.